The molecule has 4 nitrogen and oxygen atoms in total. The van der Waals surface area contributed by atoms with Crippen molar-refractivity contribution in [1.29, 1.82) is 0 Å². The molecule has 3 rings (SSSR count). The van der Waals surface area contributed by atoms with Crippen LogP contribution in [0.1, 0.15) is 6.42 Å². The molecule has 1 aromatic carbocycles. The molecule has 1 aromatic heterocycles. The van der Waals surface area contributed by atoms with E-state index in [1.807, 2.05) is 29.1 Å². The summed E-state index contributed by atoms with van der Waals surface area (Å²) in [5.41, 5.74) is 2.19. The third-order valence-corrected chi connectivity index (χ3v) is 2.92. The van der Waals surface area contributed by atoms with Gasteiger partial charge in [-0.15, -0.1) is 0 Å². The second-order valence-corrected chi connectivity index (χ2v) is 4.21. The van der Waals surface area contributed by atoms with E-state index in [1.54, 1.807) is 6.20 Å². The van der Waals surface area contributed by atoms with Crippen LogP contribution < -0.4 is 5.32 Å². The number of nitrogens with one attached hydrogen (secondary N) is 1. The van der Waals surface area contributed by atoms with Gasteiger partial charge >= 0.3 is 0 Å². The second kappa shape index (κ2) is 4.59. The molecule has 0 saturated carbocycles. The Morgan fingerprint density at radius 3 is 3.12 bits per heavy atom. The van der Waals surface area contributed by atoms with Crippen molar-refractivity contribution < 1.29 is 4.74 Å². The van der Waals surface area contributed by atoms with E-state index in [-0.39, 0.29) is 0 Å². The van der Waals surface area contributed by atoms with Crippen LogP contribution in [0.5, 0.6) is 0 Å². The van der Waals surface area contributed by atoms with Crippen molar-refractivity contribution in [3.8, 4) is 5.69 Å². The highest BCUT2D eigenvalue weighted by Gasteiger charge is 2.14. The van der Waals surface area contributed by atoms with E-state index in [0.717, 1.165) is 31.0 Å². The van der Waals surface area contributed by atoms with Crippen LogP contribution in [0.4, 0.5) is 5.69 Å². The lowest BCUT2D eigenvalue weighted by atomic mass is 10.2. The Morgan fingerprint density at radius 2 is 2.35 bits per heavy atom. The first-order valence-electron chi connectivity index (χ1n) is 5.86. The van der Waals surface area contributed by atoms with Gasteiger partial charge in [-0.1, -0.05) is 6.07 Å². The molecule has 0 aliphatic carbocycles. The SMILES string of the molecule is c1cc(NC2CCOC2)cc(-n2cccn2)c1. The number of hydrogen-bond acceptors (Lipinski definition) is 3. The van der Waals surface area contributed by atoms with Gasteiger partial charge < -0.3 is 10.1 Å². The van der Waals surface area contributed by atoms with Gasteiger partial charge in [0.2, 0.25) is 0 Å². The molecule has 17 heavy (non-hydrogen) atoms. The Hall–Kier alpha value is -1.81. The number of nitrogens with zero attached hydrogens (tertiary/aromatic N) is 2. The average molecular weight is 229 g/mol. The summed E-state index contributed by atoms with van der Waals surface area (Å²) in [6, 6.07) is 10.6. The van der Waals surface area contributed by atoms with Gasteiger partial charge in [0.05, 0.1) is 18.3 Å². The molecule has 88 valence electrons. The van der Waals surface area contributed by atoms with Crippen LogP contribution in [-0.4, -0.2) is 29.0 Å². The fourth-order valence-electron chi connectivity index (χ4n) is 2.04. The van der Waals surface area contributed by atoms with Crippen molar-refractivity contribution in [1.82, 2.24) is 9.78 Å². The topological polar surface area (TPSA) is 39.1 Å². The van der Waals surface area contributed by atoms with E-state index in [2.05, 4.69) is 22.5 Å². The minimum absolute atomic E-state index is 0.433. The second-order valence-electron chi connectivity index (χ2n) is 4.21. The summed E-state index contributed by atoms with van der Waals surface area (Å²) in [6.07, 6.45) is 4.80. The molecule has 1 N–H and O–H groups in total. The van der Waals surface area contributed by atoms with Crippen molar-refractivity contribution >= 4 is 5.69 Å². The van der Waals surface area contributed by atoms with Gasteiger partial charge in [0.25, 0.3) is 0 Å². The summed E-state index contributed by atoms with van der Waals surface area (Å²) in [7, 11) is 0. The van der Waals surface area contributed by atoms with Crippen LogP contribution in [0.2, 0.25) is 0 Å². The van der Waals surface area contributed by atoms with Crippen LogP contribution in [0.3, 0.4) is 0 Å². The van der Waals surface area contributed by atoms with Crippen LogP contribution in [0.25, 0.3) is 5.69 Å². The Balaban J connectivity index is 1.79. The molecule has 0 spiro atoms. The molecular weight excluding hydrogens is 214 g/mol. The molecule has 1 fully saturated rings. The first-order valence-corrected chi connectivity index (χ1v) is 5.86. The monoisotopic (exact) mass is 229 g/mol. The fraction of sp³-hybridized carbons (Fsp3) is 0.308. The largest absolute Gasteiger partial charge is 0.380 e. The van der Waals surface area contributed by atoms with Gasteiger partial charge in [0.1, 0.15) is 0 Å². The highest BCUT2D eigenvalue weighted by molar-refractivity contribution is 5.51. The smallest absolute Gasteiger partial charge is 0.0668 e. The molecule has 2 aromatic rings. The van der Waals surface area contributed by atoms with Crippen molar-refractivity contribution in [3.05, 3.63) is 42.7 Å². The quantitative estimate of drug-likeness (QED) is 0.875. The Morgan fingerprint density at radius 1 is 1.35 bits per heavy atom. The number of hydrogen-bond donors (Lipinski definition) is 1. The van der Waals surface area contributed by atoms with Crippen molar-refractivity contribution in [3.63, 3.8) is 0 Å². The van der Waals surface area contributed by atoms with E-state index in [1.165, 1.54) is 0 Å². The Labute approximate surface area is 100 Å². The van der Waals surface area contributed by atoms with E-state index in [9.17, 15) is 0 Å². The molecule has 2 heterocycles. The zero-order valence-corrected chi connectivity index (χ0v) is 9.54. The van der Waals surface area contributed by atoms with Crippen LogP contribution >= 0.6 is 0 Å². The van der Waals surface area contributed by atoms with Gasteiger partial charge in [-0.05, 0) is 30.7 Å². The molecule has 1 atom stereocenters. The minimum Gasteiger partial charge on any atom is -0.380 e. The minimum atomic E-state index is 0.433. The summed E-state index contributed by atoms with van der Waals surface area (Å²) in [6.45, 7) is 1.66. The van der Waals surface area contributed by atoms with Crippen molar-refractivity contribution in [2.45, 2.75) is 12.5 Å². The highest BCUT2D eigenvalue weighted by atomic mass is 16.5. The number of aromatic nitrogens is 2. The highest BCUT2D eigenvalue weighted by Crippen LogP contribution is 2.17. The lowest BCUT2D eigenvalue weighted by Crippen LogP contribution is -2.18. The van der Waals surface area contributed by atoms with E-state index < -0.39 is 0 Å². The lowest BCUT2D eigenvalue weighted by Gasteiger charge is -2.13. The molecule has 1 saturated heterocycles. The van der Waals surface area contributed by atoms with E-state index >= 15 is 0 Å². The van der Waals surface area contributed by atoms with Gasteiger partial charge in [0, 0.05) is 24.7 Å². The van der Waals surface area contributed by atoms with Crippen LogP contribution in [0.15, 0.2) is 42.7 Å². The molecule has 1 unspecified atom stereocenters. The predicted octanol–water partition coefficient (Wildman–Crippen LogP) is 2.07. The maximum Gasteiger partial charge on any atom is 0.0668 e. The first-order chi connectivity index (χ1) is 8.42. The van der Waals surface area contributed by atoms with Crippen LogP contribution in [-0.2, 0) is 4.74 Å². The summed E-state index contributed by atoms with van der Waals surface area (Å²) in [5, 5.41) is 7.70. The summed E-state index contributed by atoms with van der Waals surface area (Å²) >= 11 is 0. The standard InChI is InChI=1S/C13H15N3O/c1-3-11(15-12-5-8-17-10-12)9-13(4-1)16-7-2-6-14-16/h1-4,6-7,9,12,15H,5,8,10H2. The Kier molecular flexibility index (Phi) is 2.80. The Bertz CT molecular complexity index is 475. The van der Waals surface area contributed by atoms with Gasteiger partial charge in [0.15, 0.2) is 0 Å². The first kappa shape index (κ1) is 10.4. The molecule has 0 bridgehead atoms. The van der Waals surface area contributed by atoms with Gasteiger partial charge in [-0.3, -0.25) is 0 Å². The molecule has 0 amide bonds. The normalized spacial score (nSPS) is 19.4. The number of ether oxygens (including phenoxy) is 1. The lowest BCUT2D eigenvalue weighted by molar-refractivity contribution is 0.195. The molecule has 1 aliphatic rings. The average Bonchev–Trinajstić information content (AvgIpc) is 3.01. The van der Waals surface area contributed by atoms with Gasteiger partial charge in [-0.2, -0.15) is 5.10 Å². The van der Waals surface area contributed by atoms with Crippen LogP contribution in [0, 0.1) is 0 Å². The molecule has 4 heteroatoms. The third kappa shape index (κ3) is 2.31. The molecular formula is C13H15N3O. The van der Waals surface area contributed by atoms with Crippen molar-refractivity contribution in [2.75, 3.05) is 18.5 Å². The number of benzene rings is 1. The van der Waals surface area contributed by atoms with Crippen molar-refractivity contribution in [2.24, 2.45) is 0 Å². The summed E-state index contributed by atoms with van der Waals surface area (Å²) < 4.78 is 7.21. The molecule has 1 aliphatic heterocycles. The van der Waals surface area contributed by atoms with Gasteiger partial charge in [-0.25, -0.2) is 4.68 Å². The predicted molar refractivity (Wildman–Crippen MR) is 66.4 cm³/mol. The summed E-state index contributed by atoms with van der Waals surface area (Å²) in [5.74, 6) is 0. The third-order valence-electron chi connectivity index (χ3n) is 2.92. The number of anilines is 1. The zero-order chi connectivity index (χ0) is 11.5. The van der Waals surface area contributed by atoms with E-state index in [0.29, 0.717) is 6.04 Å². The maximum atomic E-state index is 5.35. The van der Waals surface area contributed by atoms with E-state index in [4.69, 9.17) is 4.74 Å². The fourth-order valence-corrected chi connectivity index (χ4v) is 2.04. The molecule has 0 radical (unpaired) electrons. The summed E-state index contributed by atoms with van der Waals surface area (Å²) in [4.78, 5) is 0. The number of rotatable bonds is 3. The maximum absolute atomic E-state index is 5.35. The zero-order valence-electron chi connectivity index (χ0n) is 9.54.